The molecule has 144 heavy (non-hydrogen) atoms. The minimum atomic E-state index is 0.151. The second kappa shape index (κ2) is 38.6. The molecule has 3 aromatic heterocycles. The largest absolute Gasteiger partial charge is 0.309 e. The summed E-state index contributed by atoms with van der Waals surface area (Å²) in [4.78, 5) is 0. The number of fused-ring (bicyclic) bond motifs is 18. The van der Waals surface area contributed by atoms with Crippen LogP contribution in [0.25, 0.3) is 183 Å². The maximum absolute atomic E-state index is 2.39. The standard InChI is InChI=1S/3C31H23N.3C16H16/c1-22-15-17-24(18-16-22)27-13-8-14-30-31(27)28-21-25(23-9-4-2-5-10-23)19-20-29(28)32(30)26-11-6-3-7-12-26;1-22-12-16-27(17-13-22)32-30-18-14-25(23-8-4-2-5-9-23)20-28(30)29-21-26(15-19-31(29)32)24-10-6-3-7-11-24;1-22-12-14-24(15-13-22)26-17-19-31-29(21-26)28-20-25(23-8-4-2-5-9-23)16-18-30(28)32(31)27-10-6-3-7-11-27;1-11-7-6-10-14-15(11)12-8-4-5-9-13(12)16(14,2)3;1-11-8-9-15-13(10-11)12-6-4-5-7-14(12)16(15,2)3;1-11-8-9-13-12-6-4-5-7-14(12)16(2,3)15(13)10-11/h3*2-21H,1H3;3*4-10H,1-3H3. The minimum Gasteiger partial charge on any atom is -0.309 e. The quantitative estimate of drug-likeness (QED) is 0.137. The van der Waals surface area contributed by atoms with Gasteiger partial charge < -0.3 is 13.7 Å². The Morgan fingerprint density at radius 2 is 0.431 bits per heavy atom. The number of rotatable bonds is 9. The number of hydrogen-bond donors (Lipinski definition) is 0. The fourth-order valence-electron chi connectivity index (χ4n) is 22.5. The van der Waals surface area contributed by atoms with Gasteiger partial charge in [0, 0.05) is 65.6 Å². The fraction of sp³-hybridized carbons (Fsp3) is 0.106. The first-order valence-electron chi connectivity index (χ1n) is 50.6. The topological polar surface area (TPSA) is 14.8 Å². The predicted octanol–water partition coefficient (Wildman–Crippen LogP) is 38.2. The molecule has 0 bridgehead atoms. The number of para-hydroxylation sites is 2. The molecule has 0 radical (unpaired) electrons. The van der Waals surface area contributed by atoms with Crippen molar-refractivity contribution < 1.29 is 0 Å². The first-order valence-corrected chi connectivity index (χ1v) is 50.6. The molecule has 0 aliphatic heterocycles. The molecule has 3 aliphatic carbocycles. The van der Waals surface area contributed by atoms with E-state index < -0.39 is 0 Å². The van der Waals surface area contributed by atoms with Crippen molar-refractivity contribution in [2.45, 2.75) is 99.3 Å². The fourth-order valence-corrected chi connectivity index (χ4v) is 22.5. The van der Waals surface area contributed by atoms with Gasteiger partial charge in [0.15, 0.2) is 0 Å². The summed E-state index contributed by atoms with van der Waals surface area (Å²) in [7, 11) is 0. The van der Waals surface area contributed by atoms with Gasteiger partial charge in [0.05, 0.1) is 33.1 Å². The van der Waals surface area contributed by atoms with Crippen molar-refractivity contribution >= 4 is 65.4 Å². The Bertz CT molecular complexity index is 8780. The summed E-state index contributed by atoms with van der Waals surface area (Å²) in [6.07, 6.45) is 0. The van der Waals surface area contributed by atoms with E-state index in [4.69, 9.17) is 0 Å². The molecule has 24 aromatic rings. The van der Waals surface area contributed by atoms with Gasteiger partial charge in [0.2, 0.25) is 0 Å². The third-order valence-corrected chi connectivity index (χ3v) is 30.1. The maximum atomic E-state index is 2.39. The van der Waals surface area contributed by atoms with E-state index in [1.54, 1.807) is 0 Å². The Balaban J connectivity index is 0.000000101. The summed E-state index contributed by atoms with van der Waals surface area (Å²) in [5.74, 6) is 0. The molecular formula is C141H117N3. The highest BCUT2D eigenvalue weighted by molar-refractivity contribution is 6.17. The SMILES string of the molecule is Cc1ccc(-c2ccc3c(c2)c2cc(-c4ccccc4)ccc2n3-c2ccccc2)cc1.Cc1ccc(-c2cccc3c2c2cc(-c4ccccc4)ccc2n3-c2ccccc2)cc1.Cc1ccc(-n2c3ccc(-c4ccccc4)cc3c3cc(-c4ccccc4)ccc32)cc1.Cc1ccc2c(c1)-c1ccccc1C2(C)C.Cc1ccc2c(c1)C(C)(C)c1ccccc1-2.Cc1cccc2c1-c1ccccc1C2(C)C. The van der Waals surface area contributed by atoms with E-state index >= 15 is 0 Å². The minimum absolute atomic E-state index is 0.151. The molecule has 27 rings (SSSR count). The van der Waals surface area contributed by atoms with Crippen LogP contribution in [0.1, 0.15) is 108 Å². The van der Waals surface area contributed by atoms with Gasteiger partial charge in [-0.2, -0.15) is 0 Å². The Labute approximate surface area is 847 Å². The lowest BCUT2D eigenvalue weighted by Crippen LogP contribution is -2.14. The summed E-state index contributed by atoms with van der Waals surface area (Å²) < 4.78 is 7.14. The number of nitrogens with zero attached hydrogens (tertiary/aromatic N) is 3. The summed E-state index contributed by atoms with van der Waals surface area (Å²) in [5.41, 5.74) is 51.5. The van der Waals surface area contributed by atoms with E-state index in [1.807, 2.05) is 0 Å². The summed E-state index contributed by atoms with van der Waals surface area (Å²) in [6.45, 7) is 26.8. The Hall–Kier alpha value is -17.0. The Kier molecular flexibility index (Phi) is 24.7. The van der Waals surface area contributed by atoms with Crippen LogP contribution in [-0.2, 0) is 16.2 Å². The van der Waals surface area contributed by atoms with Crippen LogP contribution in [0.4, 0.5) is 0 Å². The second-order valence-electron chi connectivity index (χ2n) is 40.7. The van der Waals surface area contributed by atoms with Crippen molar-refractivity contribution in [2.75, 3.05) is 0 Å². The molecule has 0 saturated carbocycles. The van der Waals surface area contributed by atoms with Crippen molar-refractivity contribution in [1.29, 1.82) is 0 Å². The Morgan fingerprint density at radius 1 is 0.153 bits per heavy atom. The van der Waals surface area contributed by atoms with Crippen LogP contribution in [0, 0.1) is 41.5 Å². The lowest BCUT2D eigenvalue weighted by molar-refractivity contribution is 0.659. The molecule has 0 N–H and O–H groups in total. The lowest BCUT2D eigenvalue weighted by Gasteiger charge is -2.21. The number of hydrogen-bond acceptors (Lipinski definition) is 0. The van der Waals surface area contributed by atoms with Crippen molar-refractivity contribution in [2.24, 2.45) is 0 Å². The highest BCUT2D eigenvalue weighted by Gasteiger charge is 2.38. The summed E-state index contributed by atoms with van der Waals surface area (Å²) >= 11 is 0. The molecule has 21 aromatic carbocycles. The predicted molar refractivity (Wildman–Crippen MR) is 615 cm³/mol. The van der Waals surface area contributed by atoms with Gasteiger partial charge in [0.1, 0.15) is 0 Å². The molecule has 0 amide bonds. The van der Waals surface area contributed by atoms with E-state index in [2.05, 4.69) is 588 Å². The molecule has 3 heteroatoms. The van der Waals surface area contributed by atoms with Gasteiger partial charge in [-0.05, 0) is 284 Å². The van der Waals surface area contributed by atoms with E-state index in [-0.39, 0.29) is 16.2 Å². The molecule has 0 saturated heterocycles. The highest BCUT2D eigenvalue weighted by Crippen LogP contribution is 2.53. The van der Waals surface area contributed by atoms with E-state index in [0.29, 0.717) is 0 Å². The van der Waals surface area contributed by atoms with Crippen LogP contribution in [0.15, 0.2) is 491 Å². The van der Waals surface area contributed by atoms with Crippen LogP contribution in [0.3, 0.4) is 0 Å². The Morgan fingerprint density at radius 3 is 0.875 bits per heavy atom. The van der Waals surface area contributed by atoms with Crippen LogP contribution in [-0.4, -0.2) is 13.7 Å². The summed E-state index contributed by atoms with van der Waals surface area (Å²) in [5, 5.41) is 7.69. The van der Waals surface area contributed by atoms with Gasteiger partial charge >= 0.3 is 0 Å². The summed E-state index contributed by atoms with van der Waals surface area (Å²) in [6, 6.07) is 178. The average molecular weight is 1850 g/mol. The van der Waals surface area contributed by atoms with Crippen LogP contribution in [0.2, 0.25) is 0 Å². The smallest absolute Gasteiger partial charge is 0.0547 e. The zero-order chi connectivity index (χ0) is 98.5. The van der Waals surface area contributed by atoms with Crippen molar-refractivity contribution in [1.82, 2.24) is 13.7 Å². The van der Waals surface area contributed by atoms with Gasteiger partial charge in [-0.25, -0.2) is 0 Å². The number of benzene rings is 21. The highest BCUT2D eigenvalue weighted by atomic mass is 15.0. The van der Waals surface area contributed by atoms with Gasteiger partial charge in [-0.3, -0.25) is 0 Å². The third-order valence-electron chi connectivity index (χ3n) is 30.1. The lowest BCUT2D eigenvalue weighted by atomic mass is 9.82. The van der Waals surface area contributed by atoms with Gasteiger partial charge in [-0.1, -0.05) is 458 Å². The molecule has 0 fully saturated rings. The first-order chi connectivity index (χ1) is 70.2. The average Bonchev–Trinajstić information content (AvgIpc) is 1.58. The first kappa shape index (κ1) is 92.1. The van der Waals surface area contributed by atoms with Crippen LogP contribution in [0.5, 0.6) is 0 Å². The second-order valence-corrected chi connectivity index (χ2v) is 40.7. The zero-order valence-corrected chi connectivity index (χ0v) is 84.1. The van der Waals surface area contributed by atoms with Crippen molar-refractivity contribution in [3.05, 3.63) is 558 Å². The number of aryl methyl sites for hydroxylation is 6. The zero-order valence-electron chi connectivity index (χ0n) is 84.1. The van der Waals surface area contributed by atoms with E-state index in [0.717, 1.165) is 0 Å². The third kappa shape index (κ3) is 17.3. The molecule has 3 aliphatic rings. The van der Waals surface area contributed by atoms with Gasteiger partial charge in [0.25, 0.3) is 0 Å². The molecule has 0 unspecified atom stereocenters. The number of aromatic nitrogens is 3. The van der Waals surface area contributed by atoms with Crippen molar-refractivity contribution in [3.8, 4) is 117 Å². The van der Waals surface area contributed by atoms with E-state index in [1.165, 1.54) is 249 Å². The molecular weight excluding hydrogens is 1740 g/mol. The van der Waals surface area contributed by atoms with E-state index in [9.17, 15) is 0 Å². The molecule has 3 heterocycles. The monoisotopic (exact) mass is 1850 g/mol. The molecule has 0 spiro atoms. The van der Waals surface area contributed by atoms with Crippen LogP contribution < -0.4 is 0 Å². The molecule has 0 atom stereocenters. The van der Waals surface area contributed by atoms with Crippen LogP contribution >= 0.6 is 0 Å². The normalized spacial score (nSPS) is 12.8. The molecule has 3 nitrogen and oxygen atoms in total. The van der Waals surface area contributed by atoms with Gasteiger partial charge in [-0.15, -0.1) is 0 Å². The van der Waals surface area contributed by atoms with Crippen molar-refractivity contribution in [3.63, 3.8) is 0 Å². The molecule has 696 valence electrons. The maximum Gasteiger partial charge on any atom is 0.0547 e.